The number of anilines is 1. The zero-order valence-corrected chi connectivity index (χ0v) is 19.0. The highest BCUT2D eigenvalue weighted by atomic mass is 79.9. The molecule has 0 bridgehead atoms. The maximum absolute atomic E-state index is 12.6. The molecule has 1 amide bonds. The molecule has 6 nitrogen and oxygen atoms in total. The Balaban J connectivity index is 1.29. The molecular weight excluding hydrogens is 468 g/mol. The van der Waals surface area contributed by atoms with Crippen LogP contribution in [0.25, 0.3) is 11.4 Å². The third-order valence-electron chi connectivity index (χ3n) is 5.27. The number of nitrogens with zero attached hydrogens (tertiary/aromatic N) is 4. The molecule has 1 aliphatic rings. The van der Waals surface area contributed by atoms with E-state index in [2.05, 4.69) is 37.9 Å². The average molecular weight is 490 g/mol. The average Bonchev–Trinajstić information content (AvgIpc) is 3.23. The standard InChI is InChI=1S/C22H22BrClN4O2/c1-15-2-7-18(24)14-19(15)27-10-12-28(13-11-27)21(29)9-8-20-25-22(26-30-20)16-3-5-17(23)6-4-16/h2-7,14H,8-13H2,1H3. The van der Waals surface area contributed by atoms with Gasteiger partial charge in [-0.15, -0.1) is 0 Å². The van der Waals surface area contributed by atoms with Gasteiger partial charge in [0.25, 0.3) is 0 Å². The van der Waals surface area contributed by atoms with Crippen LogP contribution in [0, 0.1) is 6.92 Å². The molecule has 1 aliphatic heterocycles. The summed E-state index contributed by atoms with van der Waals surface area (Å²) in [5.41, 5.74) is 3.21. The lowest BCUT2D eigenvalue weighted by Crippen LogP contribution is -2.49. The fourth-order valence-electron chi connectivity index (χ4n) is 3.56. The van der Waals surface area contributed by atoms with Crippen molar-refractivity contribution < 1.29 is 9.32 Å². The minimum Gasteiger partial charge on any atom is -0.368 e. The minimum atomic E-state index is 0.112. The summed E-state index contributed by atoms with van der Waals surface area (Å²) >= 11 is 9.56. The molecule has 30 heavy (non-hydrogen) atoms. The number of aryl methyl sites for hydroxylation is 2. The number of rotatable bonds is 5. The van der Waals surface area contributed by atoms with Gasteiger partial charge in [0, 0.05) is 59.8 Å². The van der Waals surface area contributed by atoms with Gasteiger partial charge in [-0.3, -0.25) is 4.79 Å². The summed E-state index contributed by atoms with van der Waals surface area (Å²) < 4.78 is 6.31. The molecule has 3 aromatic rings. The van der Waals surface area contributed by atoms with Crippen LogP contribution in [0.3, 0.4) is 0 Å². The van der Waals surface area contributed by atoms with E-state index in [9.17, 15) is 4.79 Å². The Bertz CT molecular complexity index is 1030. The number of carbonyl (C=O) groups excluding carboxylic acids is 1. The maximum Gasteiger partial charge on any atom is 0.227 e. The van der Waals surface area contributed by atoms with Crippen molar-refractivity contribution >= 4 is 39.1 Å². The van der Waals surface area contributed by atoms with E-state index in [1.807, 2.05) is 47.4 Å². The van der Waals surface area contributed by atoms with Crippen LogP contribution >= 0.6 is 27.5 Å². The van der Waals surface area contributed by atoms with Crippen LogP contribution in [0.2, 0.25) is 5.02 Å². The Morgan fingerprint density at radius 1 is 1.13 bits per heavy atom. The zero-order chi connectivity index (χ0) is 21.1. The van der Waals surface area contributed by atoms with Gasteiger partial charge < -0.3 is 14.3 Å². The van der Waals surface area contributed by atoms with Crippen molar-refractivity contribution in [1.82, 2.24) is 15.0 Å². The first-order valence-corrected chi connectivity index (χ1v) is 11.0. The van der Waals surface area contributed by atoms with Crippen LogP contribution < -0.4 is 4.90 Å². The van der Waals surface area contributed by atoms with Gasteiger partial charge in [-0.05, 0) is 48.9 Å². The Kier molecular flexibility index (Phi) is 6.39. The molecule has 156 valence electrons. The summed E-state index contributed by atoms with van der Waals surface area (Å²) in [4.78, 5) is 21.2. The predicted octanol–water partition coefficient (Wildman–Crippen LogP) is 4.74. The summed E-state index contributed by atoms with van der Waals surface area (Å²) in [6.07, 6.45) is 0.800. The summed E-state index contributed by atoms with van der Waals surface area (Å²) in [5, 5.41) is 4.75. The summed E-state index contributed by atoms with van der Waals surface area (Å²) in [6, 6.07) is 13.6. The van der Waals surface area contributed by atoms with Gasteiger partial charge in [0.1, 0.15) is 0 Å². The Labute approximate surface area is 188 Å². The SMILES string of the molecule is Cc1ccc(Cl)cc1N1CCN(C(=O)CCc2nc(-c3ccc(Br)cc3)no2)CC1. The van der Waals surface area contributed by atoms with E-state index >= 15 is 0 Å². The lowest BCUT2D eigenvalue weighted by atomic mass is 10.1. The van der Waals surface area contributed by atoms with Crippen LogP contribution in [0.1, 0.15) is 17.9 Å². The zero-order valence-electron chi connectivity index (χ0n) is 16.6. The van der Waals surface area contributed by atoms with Crippen molar-refractivity contribution in [3.8, 4) is 11.4 Å². The quantitative estimate of drug-likeness (QED) is 0.518. The first-order chi connectivity index (χ1) is 14.5. The second-order valence-corrected chi connectivity index (χ2v) is 8.67. The molecule has 0 saturated carbocycles. The minimum absolute atomic E-state index is 0.112. The van der Waals surface area contributed by atoms with Crippen molar-refractivity contribution in [2.75, 3.05) is 31.1 Å². The molecule has 0 N–H and O–H groups in total. The highest BCUT2D eigenvalue weighted by Crippen LogP contribution is 2.25. The van der Waals surface area contributed by atoms with Gasteiger partial charge >= 0.3 is 0 Å². The van der Waals surface area contributed by atoms with Crippen molar-refractivity contribution in [2.45, 2.75) is 19.8 Å². The Morgan fingerprint density at radius 2 is 1.87 bits per heavy atom. The summed E-state index contributed by atoms with van der Waals surface area (Å²) in [6.45, 7) is 5.05. The molecule has 0 unspecified atom stereocenters. The van der Waals surface area contributed by atoms with Gasteiger partial charge in [-0.1, -0.05) is 38.8 Å². The van der Waals surface area contributed by atoms with E-state index < -0.39 is 0 Å². The van der Waals surface area contributed by atoms with Gasteiger partial charge in [-0.2, -0.15) is 4.98 Å². The van der Waals surface area contributed by atoms with E-state index in [0.29, 0.717) is 37.6 Å². The number of carbonyl (C=O) groups is 1. The molecule has 1 saturated heterocycles. The molecule has 2 aromatic carbocycles. The van der Waals surface area contributed by atoms with E-state index in [0.717, 1.165) is 33.8 Å². The van der Waals surface area contributed by atoms with E-state index in [-0.39, 0.29) is 5.91 Å². The third kappa shape index (κ3) is 4.84. The number of hydrogen-bond acceptors (Lipinski definition) is 5. The van der Waals surface area contributed by atoms with Crippen LogP contribution in [0.4, 0.5) is 5.69 Å². The molecule has 4 rings (SSSR count). The molecule has 0 atom stereocenters. The third-order valence-corrected chi connectivity index (χ3v) is 6.03. The number of piperazine rings is 1. The summed E-state index contributed by atoms with van der Waals surface area (Å²) in [7, 11) is 0. The largest absolute Gasteiger partial charge is 0.368 e. The maximum atomic E-state index is 12.6. The number of benzene rings is 2. The van der Waals surface area contributed by atoms with Gasteiger partial charge in [0.2, 0.25) is 17.6 Å². The van der Waals surface area contributed by atoms with Crippen LogP contribution in [0.15, 0.2) is 51.5 Å². The molecule has 1 fully saturated rings. The lowest BCUT2D eigenvalue weighted by molar-refractivity contribution is -0.131. The monoisotopic (exact) mass is 488 g/mol. The predicted molar refractivity (Wildman–Crippen MR) is 121 cm³/mol. The molecule has 8 heteroatoms. The number of aromatic nitrogens is 2. The topological polar surface area (TPSA) is 62.5 Å². The molecule has 0 radical (unpaired) electrons. The van der Waals surface area contributed by atoms with Crippen LogP contribution in [-0.2, 0) is 11.2 Å². The van der Waals surface area contributed by atoms with Crippen molar-refractivity contribution in [3.63, 3.8) is 0 Å². The van der Waals surface area contributed by atoms with E-state index in [4.69, 9.17) is 16.1 Å². The lowest BCUT2D eigenvalue weighted by Gasteiger charge is -2.37. The normalized spacial score (nSPS) is 14.2. The van der Waals surface area contributed by atoms with Crippen LogP contribution in [0.5, 0.6) is 0 Å². The smallest absolute Gasteiger partial charge is 0.227 e. The number of amides is 1. The van der Waals surface area contributed by atoms with E-state index in [1.165, 1.54) is 5.56 Å². The molecule has 0 aliphatic carbocycles. The second-order valence-electron chi connectivity index (χ2n) is 7.32. The molecule has 1 aromatic heterocycles. The Morgan fingerprint density at radius 3 is 2.60 bits per heavy atom. The number of hydrogen-bond donors (Lipinski definition) is 0. The fraction of sp³-hybridized carbons (Fsp3) is 0.318. The van der Waals surface area contributed by atoms with Gasteiger partial charge in [0.05, 0.1) is 0 Å². The van der Waals surface area contributed by atoms with E-state index in [1.54, 1.807) is 0 Å². The second kappa shape index (κ2) is 9.18. The fourth-order valence-corrected chi connectivity index (χ4v) is 4.00. The Hall–Kier alpha value is -2.38. The van der Waals surface area contributed by atoms with Gasteiger partial charge in [-0.25, -0.2) is 0 Å². The highest BCUT2D eigenvalue weighted by molar-refractivity contribution is 9.10. The molecule has 0 spiro atoms. The first kappa shape index (κ1) is 20.9. The van der Waals surface area contributed by atoms with Crippen molar-refractivity contribution in [3.05, 3.63) is 63.4 Å². The summed E-state index contributed by atoms with van der Waals surface area (Å²) in [5.74, 6) is 1.13. The van der Waals surface area contributed by atoms with Gasteiger partial charge in [0.15, 0.2) is 0 Å². The highest BCUT2D eigenvalue weighted by Gasteiger charge is 2.22. The number of halogens is 2. The molecule has 2 heterocycles. The van der Waals surface area contributed by atoms with Crippen LogP contribution in [-0.4, -0.2) is 47.1 Å². The van der Waals surface area contributed by atoms with Crippen molar-refractivity contribution in [2.24, 2.45) is 0 Å². The molecular formula is C22H22BrClN4O2. The van der Waals surface area contributed by atoms with Crippen molar-refractivity contribution in [1.29, 1.82) is 0 Å². The first-order valence-electron chi connectivity index (χ1n) is 9.87.